The number of nitrogens with two attached hydrogens (primary N) is 1. The molecule has 0 spiro atoms. The summed E-state index contributed by atoms with van der Waals surface area (Å²) in [4.78, 5) is 11.9. The first kappa shape index (κ1) is 13.1. The topological polar surface area (TPSA) is 68.3 Å². The Kier molecular flexibility index (Phi) is 4.81. The van der Waals surface area contributed by atoms with Crippen LogP contribution in [0.15, 0.2) is 22.8 Å². The molecule has 2 rings (SSSR count). The van der Waals surface area contributed by atoms with Crippen LogP contribution in [0.1, 0.15) is 37.9 Å². The zero-order chi connectivity index (χ0) is 12.8. The van der Waals surface area contributed by atoms with Gasteiger partial charge in [0.1, 0.15) is 5.76 Å². The molecular formula is C14H22N2O2. The van der Waals surface area contributed by atoms with Gasteiger partial charge in [-0.3, -0.25) is 4.79 Å². The molecule has 4 heteroatoms. The van der Waals surface area contributed by atoms with Gasteiger partial charge in [-0.1, -0.05) is 12.8 Å². The number of hydrogen-bond acceptors (Lipinski definition) is 3. The average molecular weight is 250 g/mol. The van der Waals surface area contributed by atoms with Gasteiger partial charge in [-0.15, -0.1) is 0 Å². The predicted molar refractivity (Wildman–Crippen MR) is 70.0 cm³/mol. The Morgan fingerprint density at radius 1 is 1.44 bits per heavy atom. The van der Waals surface area contributed by atoms with Crippen molar-refractivity contribution in [1.82, 2.24) is 5.32 Å². The Morgan fingerprint density at radius 3 is 3.00 bits per heavy atom. The first-order chi connectivity index (χ1) is 8.79. The predicted octanol–water partition coefficient (Wildman–Crippen LogP) is 1.85. The highest BCUT2D eigenvalue weighted by molar-refractivity contribution is 5.76. The molecule has 1 saturated carbocycles. The zero-order valence-corrected chi connectivity index (χ0v) is 10.7. The van der Waals surface area contributed by atoms with Crippen LogP contribution in [0.25, 0.3) is 0 Å². The van der Waals surface area contributed by atoms with Gasteiger partial charge in [0, 0.05) is 18.9 Å². The fourth-order valence-corrected chi connectivity index (χ4v) is 2.65. The maximum atomic E-state index is 11.9. The van der Waals surface area contributed by atoms with Crippen LogP contribution < -0.4 is 11.1 Å². The molecule has 0 saturated heterocycles. The molecule has 1 aliphatic carbocycles. The highest BCUT2D eigenvalue weighted by Crippen LogP contribution is 2.23. The van der Waals surface area contributed by atoms with Gasteiger partial charge in [0.05, 0.1) is 6.26 Å². The number of nitrogens with one attached hydrogen (secondary N) is 1. The SMILES string of the molecule is NCC1CCCCC1NC(=O)CCc1ccco1. The molecule has 0 aliphatic heterocycles. The Balaban J connectivity index is 1.75. The van der Waals surface area contributed by atoms with E-state index in [1.165, 1.54) is 12.8 Å². The highest BCUT2D eigenvalue weighted by atomic mass is 16.3. The summed E-state index contributed by atoms with van der Waals surface area (Å²) in [6, 6.07) is 4.02. The molecule has 1 heterocycles. The molecule has 1 aromatic rings. The summed E-state index contributed by atoms with van der Waals surface area (Å²) in [5.74, 6) is 1.42. The van der Waals surface area contributed by atoms with Gasteiger partial charge in [0.2, 0.25) is 5.91 Å². The van der Waals surface area contributed by atoms with Gasteiger partial charge < -0.3 is 15.5 Å². The molecule has 0 bridgehead atoms. The van der Waals surface area contributed by atoms with Crippen LogP contribution in [0.4, 0.5) is 0 Å². The summed E-state index contributed by atoms with van der Waals surface area (Å²) in [7, 11) is 0. The second-order valence-corrected chi connectivity index (χ2v) is 5.03. The fourth-order valence-electron chi connectivity index (χ4n) is 2.65. The number of hydrogen-bond donors (Lipinski definition) is 2. The molecule has 0 aromatic carbocycles. The van der Waals surface area contributed by atoms with Crippen molar-refractivity contribution in [2.45, 2.75) is 44.6 Å². The van der Waals surface area contributed by atoms with Gasteiger partial charge in [-0.25, -0.2) is 0 Å². The maximum Gasteiger partial charge on any atom is 0.220 e. The standard InChI is InChI=1S/C14H22N2O2/c15-10-11-4-1-2-6-13(11)16-14(17)8-7-12-5-3-9-18-12/h3,5,9,11,13H,1-2,4,6-8,10,15H2,(H,16,17). The molecular weight excluding hydrogens is 228 g/mol. The van der Waals surface area contributed by atoms with Crippen molar-refractivity contribution >= 4 is 5.91 Å². The second-order valence-electron chi connectivity index (χ2n) is 5.03. The maximum absolute atomic E-state index is 11.9. The lowest BCUT2D eigenvalue weighted by Crippen LogP contribution is -2.44. The third-order valence-corrected chi connectivity index (χ3v) is 3.74. The quantitative estimate of drug-likeness (QED) is 0.838. The van der Waals surface area contributed by atoms with Gasteiger partial charge in [0.25, 0.3) is 0 Å². The molecule has 100 valence electrons. The molecule has 1 amide bonds. The van der Waals surface area contributed by atoms with Crippen molar-refractivity contribution in [3.63, 3.8) is 0 Å². The number of carbonyl (C=O) groups is 1. The van der Waals surface area contributed by atoms with Gasteiger partial charge in [-0.2, -0.15) is 0 Å². The van der Waals surface area contributed by atoms with E-state index in [9.17, 15) is 4.79 Å². The third-order valence-electron chi connectivity index (χ3n) is 3.74. The van der Waals surface area contributed by atoms with Crippen LogP contribution in [0.3, 0.4) is 0 Å². The lowest BCUT2D eigenvalue weighted by molar-refractivity contribution is -0.122. The minimum atomic E-state index is 0.108. The smallest absolute Gasteiger partial charge is 0.220 e. The molecule has 2 unspecified atom stereocenters. The minimum Gasteiger partial charge on any atom is -0.469 e. The van der Waals surface area contributed by atoms with Crippen LogP contribution >= 0.6 is 0 Å². The lowest BCUT2D eigenvalue weighted by atomic mass is 9.84. The van der Waals surface area contributed by atoms with E-state index in [4.69, 9.17) is 10.2 Å². The number of aryl methyl sites for hydroxylation is 1. The molecule has 1 aromatic heterocycles. The van der Waals surface area contributed by atoms with Gasteiger partial charge in [-0.05, 0) is 37.4 Å². The molecule has 4 nitrogen and oxygen atoms in total. The van der Waals surface area contributed by atoms with Crippen LogP contribution in [-0.4, -0.2) is 18.5 Å². The Labute approximate surface area is 108 Å². The highest BCUT2D eigenvalue weighted by Gasteiger charge is 2.25. The number of rotatable bonds is 5. The van der Waals surface area contributed by atoms with Crippen LogP contribution in [-0.2, 0) is 11.2 Å². The van der Waals surface area contributed by atoms with Gasteiger partial charge >= 0.3 is 0 Å². The van der Waals surface area contributed by atoms with E-state index in [0.29, 0.717) is 25.3 Å². The van der Waals surface area contributed by atoms with Crippen LogP contribution in [0.2, 0.25) is 0 Å². The normalized spacial score (nSPS) is 23.8. The van der Waals surface area contributed by atoms with Crippen molar-refractivity contribution in [2.75, 3.05) is 6.54 Å². The summed E-state index contributed by atoms with van der Waals surface area (Å²) in [5, 5.41) is 3.12. The Bertz CT molecular complexity index is 362. The summed E-state index contributed by atoms with van der Waals surface area (Å²) in [6.45, 7) is 0.670. The van der Waals surface area contributed by atoms with Gasteiger partial charge in [0.15, 0.2) is 0 Å². The Hall–Kier alpha value is -1.29. The fraction of sp³-hybridized carbons (Fsp3) is 0.643. The summed E-state index contributed by atoms with van der Waals surface area (Å²) in [5.41, 5.74) is 5.75. The van der Waals surface area contributed by atoms with Crippen LogP contribution in [0, 0.1) is 5.92 Å². The van der Waals surface area contributed by atoms with Crippen LogP contribution in [0.5, 0.6) is 0 Å². The number of furan rings is 1. The molecule has 0 radical (unpaired) electrons. The molecule has 18 heavy (non-hydrogen) atoms. The van der Waals surface area contributed by atoms with E-state index in [1.54, 1.807) is 6.26 Å². The average Bonchev–Trinajstić information content (AvgIpc) is 2.90. The van der Waals surface area contributed by atoms with E-state index < -0.39 is 0 Å². The first-order valence-corrected chi connectivity index (χ1v) is 6.81. The Morgan fingerprint density at radius 2 is 2.28 bits per heavy atom. The minimum absolute atomic E-state index is 0.108. The number of carbonyl (C=O) groups excluding carboxylic acids is 1. The van der Waals surface area contributed by atoms with Crippen molar-refractivity contribution in [3.8, 4) is 0 Å². The third kappa shape index (κ3) is 3.60. The number of amides is 1. The van der Waals surface area contributed by atoms with Crippen molar-refractivity contribution in [3.05, 3.63) is 24.2 Å². The summed E-state index contributed by atoms with van der Waals surface area (Å²) >= 11 is 0. The monoisotopic (exact) mass is 250 g/mol. The lowest BCUT2D eigenvalue weighted by Gasteiger charge is -2.31. The van der Waals surface area contributed by atoms with E-state index in [2.05, 4.69) is 5.32 Å². The molecule has 1 fully saturated rings. The molecule has 3 N–H and O–H groups in total. The van der Waals surface area contributed by atoms with Crippen molar-refractivity contribution in [2.24, 2.45) is 11.7 Å². The van der Waals surface area contributed by atoms with E-state index in [-0.39, 0.29) is 11.9 Å². The summed E-state index contributed by atoms with van der Waals surface area (Å²) < 4.78 is 5.22. The second kappa shape index (κ2) is 6.59. The molecule has 1 aliphatic rings. The van der Waals surface area contributed by atoms with E-state index >= 15 is 0 Å². The van der Waals surface area contributed by atoms with E-state index in [1.807, 2.05) is 12.1 Å². The van der Waals surface area contributed by atoms with E-state index in [0.717, 1.165) is 18.6 Å². The molecule has 2 atom stereocenters. The van der Waals surface area contributed by atoms with Crippen molar-refractivity contribution < 1.29 is 9.21 Å². The largest absolute Gasteiger partial charge is 0.469 e. The zero-order valence-electron chi connectivity index (χ0n) is 10.7. The van der Waals surface area contributed by atoms with Crippen molar-refractivity contribution in [1.29, 1.82) is 0 Å². The first-order valence-electron chi connectivity index (χ1n) is 6.81. The summed E-state index contributed by atoms with van der Waals surface area (Å²) in [6.07, 6.45) is 7.42.